The summed E-state index contributed by atoms with van der Waals surface area (Å²) in [5.74, 6) is 1.65. The molecule has 1 aromatic heterocycles. The lowest BCUT2D eigenvalue weighted by Gasteiger charge is -2.11. The molecule has 5 heteroatoms. The van der Waals surface area contributed by atoms with Crippen molar-refractivity contribution in [3.05, 3.63) is 18.1 Å². The molecule has 1 fully saturated rings. The van der Waals surface area contributed by atoms with Gasteiger partial charge in [0.2, 0.25) is 0 Å². The van der Waals surface area contributed by atoms with Crippen LogP contribution in [0.25, 0.3) is 0 Å². The van der Waals surface area contributed by atoms with E-state index in [2.05, 4.69) is 15.3 Å². The van der Waals surface area contributed by atoms with Gasteiger partial charge >= 0.3 is 0 Å². The molecule has 0 amide bonds. The molecular formula is C11H18N4O. The van der Waals surface area contributed by atoms with Crippen molar-refractivity contribution in [2.24, 2.45) is 5.73 Å². The van der Waals surface area contributed by atoms with Crippen molar-refractivity contribution in [1.82, 2.24) is 9.97 Å². The van der Waals surface area contributed by atoms with E-state index < -0.39 is 0 Å². The molecule has 16 heavy (non-hydrogen) atoms. The molecule has 0 aromatic carbocycles. The summed E-state index contributed by atoms with van der Waals surface area (Å²) in [5, 5.41) is 3.27. The zero-order valence-electron chi connectivity index (χ0n) is 9.35. The highest BCUT2D eigenvalue weighted by atomic mass is 16.5. The first-order valence-corrected chi connectivity index (χ1v) is 5.76. The first-order chi connectivity index (χ1) is 7.88. The van der Waals surface area contributed by atoms with Gasteiger partial charge in [-0.2, -0.15) is 0 Å². The highest BCUT2D eigenvalue weighted by Gasteiger charge is 2.14. The molecule has 1 atom stereocenters. The smallest absolute Gasteiger partial charge is 0.131 e. The molecule has 2 heterocycles. The van der Waals surface area contributed by atoms with Crippen molar-refractivity contribution in [3.8, 4) is 0 Å². The second-order valence-electron chi connectivity index (χ2n) is 3.91. The van der Waals surface area contributed by atoms with Crippen LogP contribution >= 0.6 is 0 Å². The lowest BCUT2D eigenvalue weighted by Crippen LogP contribution is -2.19. The van der Waals surface area contributed by atoms with E-state index in [-0.39, 0.29) is 0 Å². The lowest BCUT2D eigenvalue weighted by molar-refractivity contribution is 0.120. The molecule has 0 saturated carbocycles. The van der Waals surface area contributed by atoms with Crippen molar-refractivity contribution in [3.63, 3.8) is 0 Å². The van der Waals surface area contributed by atoms with Gasteiger partial charge in [-0.05, 0) is 25.5 Å². The molecule has 1 aliphatic heterocycles. The van der Waals surface area contributed by atoms with Gasteiger partial charge in [-0.15, -0.1) is 0 Å². The summed E-state index contributed by atoms with van der Waals surface area (Å²) in [5.41, 5.74) is 5.46. The first kappa shape index (κ1) is 11.3. The number of nitrogens with one attached hydrogen (secondary N) is 1. The van der Waals surface area contributed by atoms with Crippen LogP contribution in [-0.2, 0) is 11.2 Å². The van der Waals surface area contributed by atoms with Crippen LogP contribution < -0.4 is 11.1 Å². The minimum absolute atomic E-state index is 0.327. The number of anilines is 1. The summed E-state index contributed by atoms with van der Waals surface area (Å²) in [6.07, 6.45) is 5.10. The van der Waals surface area contributed by atoms with E-state index in [9.17, 15) is 0 Å². The van der Waals surface area contributed by atoms with Crippen LogP contribution in [0.1, 0.15) is 18.7 Å². The zero-order valence-corrected chi connectivity index (χ0v) is 9.35. The summed E-state index contributed by atoms with van der Waals surface area (Å²) in [4.78, 5) is 8.51. The fourth-order valence-corrected chi connectivity index (χ4v) is 1.77. The van der Waals surface area contributed by atoms with Gasteiger partial charge in [-0.1, -0.05) is 0 Å². The van der Waals surface area contributed by atoms with Crippen LogP contribution in [-0.4, -0.2) is 35.8 Å². The second-order valence-corrected chi connectivity index (χ2v) is 3.91. The topological polar surface area (TPSA) is 73.1 Å². The van der Waals surface area contributed by atoms with Gasteiger partial charge in [0.1, 0.15) is 11.6 Å². The van der Waals surface area contributed by atoms with Gasteiger partial charge in [0.05, 0.1) is 6.10 Å². The molecular weight excluding hydrogens is 204 g/mol. The zero-order chi connectivity index (χ0) is 11.2. The molecule has 1 unspecified atom stereocenters. The standard InChI is InChI=1S/C11H18N4O/c12-5-3-10-13-6-4-11(15-10)14-8-9-2-1-7-16-9/h4,6,9H,1-3,5,7-8,12H2,(H,13,14,15). The Bertz CT molecular complexity index is 326. The van der Waals surface area contributed by atoms with Gasteiger partial charge < -0.3 is 15.8 Å². The minimum Gasteiger partial charge on any atom is -0.376 e. The highest BCUT2D eigenvalue weighted by Crippen LogP contribution is 2.12. The third-order valence-corrected chi connectivity index (χ3v) is 2.61. The van der Waals surface area contributed by atoms with Crippen LogP contribution in [0.4, 0.5) is 5.82 Å². The highest BCUT2D eigenvalue weighted by molar-refractivity contribution is 5.33. The Hall–Kier alpha value is -1.20. The molecule has 1 aromatic rings. The molecule has 3 N–H and O–H groups in total. The maximum absolute atomic E-state index is 5.53. The molecule has 0 radical (unpaired) electrons. The Labute approximate surface area is 95.4 Å². The molecule has 1 aliphatic rings. The number of rotatable bonds is 5. The summed E-state index contributed by atoms with van der Waals surface area (Å²) >= 11 is 0. The lowest BCUT2D eigenvalue weighted by atomic mass is 10.2. The van der Waals surface area contributed by atoms with E-state index in [0.717, 1.165) is 44.1 Å². The number of nitrogens with two attached hydrogens (primary N) is 1. The number of aromatic nitrogens is 2. The predicted octanol–water partition coefficient (Wildman–Crippen LogP) is 0.569. The molecule has 0 bridgehead atoms. The number of hydrogen-bond acceptors (Lipinski definition) is 5. The second kappa shape index (κ2) is 5.77. The fraction of sp³-hybridized carbons (Fsp3) is 0.636. The van der Waals surface area contributed by atoms with Gasteiger partial charge in [0.15, 0.2) is 0 Å². The van der Waals surface area contributed by atoms with Gasteiger partial charge in [-0.25, -0.2) is 9.97 Å². The van der Waals surface area contributed by atoms with Gasteiger partial charge in [0, 0.05) is 25.8 Å². The summed E-state index contributed by atoms with van der Waals surface area (Å²) in [6.45, 7) is 2.28. The Morgan fingerprint density at radius 3 is 3.25 bits per heavy atom. The molecule has 0 spiro atoms. The maximum atomic E-state index is 5.53. The van der Waals surface area contributed by atoms with E-state index in [1.807, 2.05) is 6.07 Å². The Kier molecular flexibility index (Phi) is 4.07. The number of ether oxygens (including phenoxy) is 1. The molecule has 88 valence electrons. The van der Waals surface area contributed by atoms with E-state index in [4.69, 9.17) is 10.5 Å². The normalized spacial score (nSPS) is 19.9. The first-order valence-electron chi connectivity index (χ1n) is 5.76. The van der Waals surface area contributed by atoms with Crippen LogP contribution in [0.3, 0.4) is 0 Å². The molecule has 5 nitrogen and oxygen atoms in total. The summed E-state index contributed by atoms with van der Waals surface area (Å²) < 4.78 is 5.53. The third-order valence-electron chi connectivity index (χ3n) is 2.61. The third kappa shape index (κ3) is 3.15. The van der Waals surface area contributed by atoms with Crippen molar-refractivity contribution >= 4 is 5.82 Å². The van der Waals surface area contributed by atoms with E-state index in [0.29, 0.717) is 12.6 Å². The maximum Gasteiger partial charge on any atom is 0.131 e. The van der Waals surface area contributed by atoms with Crippen molar-refractivity contribution in [1.29, 1.82) is 0 Å². The van der Waals surface area contributed by atoms with Crippen molar-refractivity contribution in [2.75, 3.05) is 25.0 Å². The van der Waals surface area contributed by atoms with E-state index in [1.54, 1.807) is 6.20 Å². The van der Waals surface area contributed by atoms with Gasteiger partial charge in [-0.3, -0.25) is 0 Å². The van der Waals surface area contributed by atoms with Crippen LogP contribution in [0, 0.1) is 0 Å². The van der Waals surface area contributed by atoms with Crippen LogP contribution in [0.15, 0.2) is 12.3 Å². The average Bonchev–Trinajstić information content (AvgIpc) is 2.80. The summed E-state index contributed by atoms with van der Waals surface area (Å²) in [7, 11) is 0. The Morgan fingerprint density at radius 1 is 1.56 bits per heavy atom. The minimum atomic E-state index is 0.327. The van der Waals surface area contributed by atoms with Crippen molar-refractivity contribution in [2.45, 2.75) is 25.4 Å². The van der Waals surface area contributed by atoms with Crippen molar-refractivity contribution < 1.29 is 4.74 Å². The molecule has 1 saturated heterocycles. The Balaban J connectivity index is 1.85. The van der Waals surface area contributed by atoms with Crippen LogP contribution in [0.5, 0.6) is 0 Å². The quantitative estimate of drug-likeness (QED) is 0.762. The number of hydrogen-bond donors (Lipinski definition) is 2. The molecule has 0 aliphatic carbocycles. The SMILES string of the molecule is NCCc1nccc(NCC2CCCO2)n1. The monoisotopic (exact) mass is 222 g/mol. The van der Waals surface area contributed by atoms with Gasteiger partial charge in [0.25, 0.3) is 0 Å². The Morgan fingerprint density at radius 2 is 2.50 bits per heavy atom. The average molecular weight is 222 g/mol. The fourth-order valence-electron chi connectivity index (χ4n) is 1.77. The number of nitrogens with zero attached hydrogens (tertiary/aromatic N) is 2. The molecule has 2 rings (SSSR count). The predicted molar refractivity (Wildman–Crippen MR) is 62.3 cm³/mol. The van der Waals surface area contributed by atoms with Crippen LogP contribution in [0.2, 0.25) is 0 Å². The van der Waals surface area contributed by atoms with E-state index in [1.165, 1.54) is 0 Å². The summed E-state index contributed by atoms with van der Waals surface area (Å²) in [6, 6.07) is 1.87. The van der Waals surface area contributed by atoms with E-state index >= 15 is 0 Å². The largest absolute Gasteiger partial charge is 0.376 e.